The van der Waals surface area contributed by atoms with E-state index in [-0.39, 0.29) is 40.2 Å². The molecule has 35 heavy (non-hydrogen) atoms. The van der Waals surface area contributed by atoms with Gasteiger partial charge in [0.05, 0.1) is 35.7 Å². The zero-order valence-electron chi connectivity index (χ0n) is 18.5. The average Bonchev–Trinajstić information content (AvgIpc) is 3.30. The zero-order valence-corrected chi connectivity index (χ0v) is 18.5. The third kappa shape index (κ3) is 4.50. The predicted molar refractivity (Wildman–Crippen MR) is 113 cm³/mol. The molecular formula is C23H20F4N4O4. The van der Waals surface area contributed by atoms with Gasteiger partial charge in [0.2, 0.25) is 5.76 Å². The molecule has 0 saturated carbocycles. The summed E-state index contributed by atoms with van der Waals surface area (Å²) >= 11 is 0. The summed E-state index contributed by atoms with van der Waals surface area (Å²) < 4.78 is 71.6. The van der Waals surface area contributed by atoms with E-state index in [4.69, 9.17) is 14.0 Å². The van der Waals surface area contributed by atoms with Crippen molar-refractivity contribution in [1.82, 2.24) is 15.1 Å². The Hall–Kier alpha value is -3.38. The molecule has 2 aromatic heterocycles. The fraction of sp³-hybridized carbons (Fsp3) is 0.391. The minimum atomic E-state index is -3.00. The Bertz CT molecular complexity index is 1270. The van der Waals surface area contributed by atoms with Gasteiger partial charge in [0.25, 0.3) is 11.8 Å². The first-order valence-electron chi connectivity index (χ1n) is 10.8. The van der Waals surface area contributed by atoms with Crippen molar-refractivity contribution in [1.29, 1.82) is 0 Å². The summed E-state index contributed by atoms with van der Waals surface area (Å²) in [6.45, 7) is 1.90. The second-order valence-electron chi connectivity index (χ2n) is 8.88. The van der Waals surface area contributed by atoms with Crippen molar-refractivity contribution in [2.24, 2.45) is 0 Å². The van der Waals surface area contributed by atoms with Crippen LogP contribution in [0, 0.1) is 11.6 Å². The number of rotatable bonds is 5. The topological polar surface area (TPSA) is 99.4 Å². The molecule has 2 fully saturated rings. The summed E-state index contributed by atoms with van der Waals surface area (Å²) in [4.78, 5) is 21.3. The maximum absolute atomic E-state index is 14.6. The molecular weight excluding hydrogens is 472 g/mol. The first kappa shape index (κ1) is 23.4. The number of hydrogen-bond acceptors (Lipinski definition) is 7. The number of amides is 1. The number of nitrogens with one attached hydrogen (secondary N) is 1. The second kappa shape index (κ2) is 8.68. The number of benzene rings is 1. The minimum Gasteiger partial charge on any atom is -0.379 e. The van der Waals surface area contributed by atoms with Gasteiger partial charge in [0.15, 0.2) is 0 Å². The van der Waals surface area contributed by atoms with Crippen LogP contribution in [0.5, 0.6) is 0 Å². The molecule has 1 aromatic carbocycles. The molecule has 3 aromatic rings. The molecule has 2 aliphatic heterocycles. The molecule has 4 heterocycles. The summed E-state index contributed by atoms with van der Waals surface area (Å²) in [7, 11) is 0. The van der Waals surface area contributed by atoms with Crippen molar-refractivity contribution in [3.05, 3.63) is 59.4 Å². The third-order valence-electron chi connectivity index (χ3n) is 6.07. The first-order chi connectivity index (χ1) is 16.7. The normalized spacial score (nSPS) is 20.8. The van der Waals surface area contributed by atoms with Crippen molar-refractivity contribution in [3.8, 4) is 11.3 Å². The van der Waals surface area contributed by atoms with Crippen LogP contribution in [0.1, 0.15) is 47.8 Å². The molecule has 5 rings (SSSR count). The molecule has 0 bridgehead atoms. The largest absolute Gasteiger partial charge is 0.379 e. The Morgan fingerprint density at radius 1 is 1.14 bits per heavy atom. The summed E-state index contributed by atoms with van der Waals surface area (Å²) in [5, 5.41) is 6.52. The summed E-state index contributed by atoms with van der Waals surface area (Å²) in [5.41, 5.74) is -0.300. The fourth-order valence-corrected chi connectivity index (χ4v) is 3.98. The molecule has 184 valence electrons. The van der Waals surface area contributed by atoms with Crippen LogP contribution in [0.2, 0.25) is 0 Å². The summed E-state index contributed by atoms with van der Waals surface area (Å²) in [6.07, 6.45) is -0.433. The van der Waals surface area contributed by atoms with Crippen LogP contribution >= 0.6 is 0 Å². The van der Waals surface area contributed by atoms with Gasteiger partial charge in [0.1, 0.15) is 36.4 Å². The number of halogens is 4. The van der Waals surface area contributed by atoms with Crippen LogP contribution in [-0.4, -0.2) is 46.8 Å². The first-order valence-corrected chi connectivity index (χ1v) is 10.8. The van der Waals surface area contributed by atoms with E-state index in [1.807, 2.05) is 6.92 Å². The standard InChI is InChI=1S/C23H20F4N4O4/c1-22(8-33-9-22)17-7-16(35-31-17)21(32)30-20-18(13-6-12(24)2-3-14(13)25)28-11-29-19(20)15-4-5-23(26,27)10-34-15/h2-3,6-7,11,15H,4-5,8-10H2,1H3,(H,30,32). The van der Waals surface area contributed by atoms with Gasteiger partial charge in [-0.25, -0.2) is 27.5 Å². The Balaban J connectivity index is 1.53. The Morgan fingerprint density at radius 2 is 1.94 bits per heavy atom. The van der Waals surface area contributed by atoms with Gasteiger partial charge in [-0.1, -0.05) is 5.16 Å². The highest BCUT2D eigenvalue weighted by Crippen LogP contribution is 2.40. The lowest BCUT2D eigenvalue weighted by Crippen LogP contribution is -2.44. The van der Waals surface area contributed by atoms with Crippen LogP contribution in [0.3, 0.4) is 0 Å². The van der Waals surface area contributed by atoms with E-state index >= 15 is 0 Å². The lowest BCUT2D eigenvalue weighted by Gasteiger charge is -2.35. The predicted octanol–water partition coefficient (Wildman–Crippen LogP) is 4.44. The van der Waals surface area contributed by atoms with Gasteiger partial charge in [-0.3, -0.25) is 4.79 Å². The average molecular weight is 492 g/mol. The van der Waals surface area contributed by atoms with Gasteiger partial charge in [0, 0.05) is 18.1 Å². The fourth-order valence-electron chi connectivity index (χ4n) is 3.98. The molecule has 2 saturated heterocycles. The van der Waals surface area contributed by atoms with E-state index in [1.165, 1.54) is 6.07 Å². The molecule has 1 unspecified atom stereocenters. The Labute approximate surface area is 196 Å². The highest BCUT2D eigenvalue weighted by atomic mass is 19.3. The van der Waals surface area contributed by atoms with Crippen molar-refractivity contribution in [3.63, 3.8) is 0 Å². The van der Waals surface area contributed by atoms with Gasteiger partial charge in [-0.05, 0) is 31.5 Å². The molecule has 2 aliphatic rings. The van der Waals surface area contributed by atoms with Gasteiger partial charge in [-0.15, -0.1) is 0 Å². The third-order valence-corrected chi connectivity index (χ3v) is 6.07. The highest BCUT2D eigenvalue weighted by Gasteiger charge is 2.40. The van der Waals surface area contributed by atoms with E-state index in [2.05, 4.69) is 20.4 Å². The lowest BCUT2D eigenvalue weighted by atomic mass is 9.85. The van der Waals surface area contributed by atoms with Crippen molar-refractivity contribution >= 4 is 11.6 Å². The molecule has 0 spiro atoms. The summed E-state index contributed by atoms with van der Waals surface area (Å²) in [5.74, 6) is -5.44. The maximum atomic E-state index is 14.6. The zero-order chi connectivity index (χ0) is 24.8. The van der Waals surface area contributed by atoms with Gasteiger partial charge < -0.3 is 19.3 Å². The summed E-state index contributed by atoms with van der Waals surface area (Å²) in [6, 6.07) is 4.23. The molecule has 12 heteroatoms. The second-order valence-corrected chi connectivity index (χ2v) is 8.88. The van der Waals surface area contributed by atoms with Crippen LogP contribution in [0.25, 0.3) is 11.3 Å². The molecule has 0 radical (unpaired) electrons. The van der Waals surface area contributed by atoms with E-state index < -0.39 is 42.6 Å². The SMILES string of the molecule is CC1(c2cc(C(=O)Nc3c(-c4cc(F)ccc4F)ncnc3C3CCC(F)(F)CO3)on2)COC1. The highest BCUT2D eigenvalue weighted by molar-refractivity contribution is 6.04. The van der Waals surface area contributed by atoms with Gasteiger partial charge >= 0.3 is 0 Å². The number of hydrogen-bond donors (Lipinski definition) is 1. The molecule has 1 amide bonds. The van der Waals surface area contributed by atoms with Crippen LogP contribution in [-0.2, 0) is 14.9 Å². The van der Waals surface area contributed by atoms with Crippen LogP contribution in [0.15, 0.2) is 35.1 Å². The van der Waals surface area contributed by atoms with E-state index in [1.54, 1.807) is 0 Å². The number of aromatic nitrogens is 3. The number of ether oxygens (including phenoxy) is 2. The number of carbonyl (C=O) groups excluding carboxylic acids is 1. The number of nitrogens with zero attached hydrogens (tertiary/aromatic N) is 3. The molecule has 1 N–H and O–H groups in total. The Kier molecular flexibility index (Phi) is 5.80. The van der Waals surface area contributed by atoms with Crippen LogP contribution < -0.4 is 5.32 Å². The van der Waals surface area contributed by atoms with Crippen molar-refractivity contribution in [2.45, 2.75) is 37.2 Å². The number of alkyl halides is 2. The number of anilines is 1. The number of carbonyl (C=O) groups is 1. The maximum Gasteiger partial charge on any atom is 0.294 e. The lowest BCUT2D eigenvalue weighted by molar-refractivity contribution is -0.146. The monoisotopic (exact) mass is 492 g/mol. The van der Waals surface area contributed by atoms with Crippen molar-refractivity contribution < 1.29 is 36.4 Å². The van der Waals surface area contributed by atoms with Gasteiger partial charge in [-0.2, -0.15) is 0 Å². The van der Waals surface area contributed by atoms with E-state index in [0.29, 0.717) is 18.9 Å². The van der Waals surface area contributed by atoms with E-state index in [9.17, 15) is 22.4 Å². The quantitative estimate of drug-likeness (QED) is 0.526. The Morgan fingerprint density at radius 3 is 2.63 bits per heavy atom. The van der Waals surface area contributed by atoms with Crippen molar-refractivity contribution in [2.75, 3.05) is 25.1 Å². The molecule has 1 atom stereocenters. The molecule has 8 nitrogen and oxygen atoms in total. The smallest absolute Gasteiger partial charge is 0.294 e. The van der Waals surface area contributed by atoms with Crippen LogP contribution in [0.4, 0.5) is 23.2 Å². The molecule has 0 aliphatic carbocycles. The van der Waals surface area contributed by atoms with E-state index in [0.717, 1.165) is 24.5 Å². The minimum absolute atomic E-state index is 0.0570.